The largest absolute Gasteiger partial charge is 0.573 e. The van der Waals surface area contributed by atoms with E-state index in [-0.39, 0.29) is 32.3 Å². The second-order valence-electron chi connectivity index (χ2n) is 7.06. The second-order valence-corrected chi connectivity index (χ2v) is 8.97. The Hall–Kier alpha value is -2.49. The number of alkyl halides is 3. The Morgan fingerprint density at radius 2 is 1.30 bits per heavy atom. The van der Waals surface area contributed by atoms with Crippen LogP contribution in [-0.4, -0.2) is 29.7 Å². The number of carbonyl (C=O) groups is 3. The molecular formula is C24H14Cl5F3O5. The van der Waals surface area contributed by atoms with Crippen LogP contribution in [0.2, 0.25) is 15.1 Å². The molecule has 0 atom stereocenters. The van der Waals surface area contributed by atoms with Crippen LogP contribution in [0.4, 0.5) is 13.2 Å². The molecule has 13 heteroatoms. The Morgan fingerprint density at radius 1 is 0.757 bits per heavy atom. The molecule has 0 aromatic heterocycles. The average Bonchev–Trinajstić information content (AvgIpc) is 2.78. The van der Waals surface area contributed by atoms with Gasteiger partial charge in [-0.3, -0.25) is 14.4 Å². The molecule has 0 aliphatic carbocycles. The number of benzene rings is 3. The van der Waals surface area contributed by atoms with Crippen molar-refractivity contribution in [3.8, 4) is 11.5 Å². The van der Waals surface area contributed by atoms with Gasteiger partial charge in [0.25, 0.3) is 10.5 Å². The molecule has 0 aliphatic heterocycles. The van der Waals surface area contributed by atoms with Gasteiger partial charge in [0.15, 0.2) is 5.78 Å². The van der Waals surface area contributed by atoms with Crippen molar-refractivity contribution in [3.05, 3.63) is 91.4 Å². The zero-order chi connectivity index (χ0) is 28.1. The number of aryl methyl sites for hydroxylation is 1. The molecule has 37 heavy (non-hydrogen) atoms. The first-order chi connectivity index (χ1) is 17.1. The van der Waals surface area contributed by atoms with Gasteiger partial charge in [-0.05, 0) is 84.2 Å². The smallest absolute Gasteiger partial charge is 0.497 e. The number of hydrogen-bond acceptors (Lipinski definition) is 5. The molecular weight excluding hydrogens is 603 g/mol. The van der Waals surface area contributed by atoms with E-state index >= 15 is 0 Å². The number of hydrogen-bond donors (Lipinski definition) is 0. The second kappa shape index (κ2) is 12.8. The van der Waals surface area contributed by atoms with Gasteiger partial charge in [0.05, 0.1) is 28.3 Å². The highest BCUT2D eigenvalue weighted by atomic mass is 35.5. The first-order valence-corrected chi connectivity index (χ1v) is 11.7. The SMILES string of the molecule is COc1ccc(C(=O)Cl)c(Cl)c1.Cc1cc(OC(F)(F)F)ccc1C(=O)c1cc(Cl)cc(C(=O)Cl)c1Cl. The number of carbonyl (C=O) groups excluding carboxylic acids is 3. The molecule has 5 nitrogen and oxygen atoms in total. The van der Waals surface area contributed by atoms with Crippen LogP contribution in [0.15, 0.2) is 48.5 Å². The number of halogens is 8. The van der Waals surface area contributed by atoms with Gasteiger partial charge in [-0.25, -0.2) is 0 Å². The van der Waals surface area contributed by atoms with Crippen molar-refractivity contribution in [3.63, 3.8) is 0 Å². The lowest BCUT2D eigenvalue weighted by Crippen LogP contribution is -2.17. The number of ether oxygens (including phenoxy) is 2. The highest BCUT2D eigenvalue weighted by Crippen LogP contribution is 2.31. The molecule has 0 heterocycles. The van der Waals surface area contributed by atoms with Crippen LogP contribution in [0, 0.1) is 6.92 Å². The van der Waals surface area contributed by atoms with Crippen molar-refractivity contribution in [2.45, 2.75) is 13.3 Å². The molecule has 0 radical (unpaired) electrons. The lowest BCUT2D eigenvalue weighted by Gasteiger charge is -2.12. The quantitative estimate of drug-likeness (QED) is 0.205. The zero-order valence-electron chi connectivity index (χ0n) is 18.7. The third-order valence-electron chi connectivity index (χ3n) is 4.56. The third kappa shape index (κ3) is 8.51. The van der Waals surface area contributed by atoms with Crippen molar-refractivity contribution in [1.82, 2.24) is 0 Å². The van der Waals surface area contributed by atoms with E-state index in [9.17, 15) is 27.6 Å². The molecule has 0 fully saturated rings. The summed E-state index contributed by atoms with van der Waals surface area (Å²) in [6.07, 6.45) is -4.84. The monoisotopic (exact) mass is 614 g/mol. The average molecular weight is 617 g/mol. The Morgan fingerprint density at radius 3 is 1.78 bits per heavy atom. The van der Waals surface area contributed by atoms with E-state index in [0.29, 0.717) is 16.3 Å². The molecule has 3 rings (SSSR count). The summed E-state index contributed by atoms with van der Waals surface area (Å²) in [6.45, 7) is 1.43. The van der Waals surface area contributed by atoms with E-state index in [2.05, 4.69) is 4.74 Å². The molecule has 3 aromatic carbocycles. The molecule has 0 saturated heterocycles. The van der Waals surface area contributed by atoms with Crippen molar-refractivity contribution in [1.29, 1.82) is 0 Å². The molecule has 0 spiro atoms. The maximum absolute atomic E-state index is 12.7. The van der Waals surface area contributed by atoms with Crippen LogP contribution in [0.5, 0.6) is 11.5 Å². The first kappa shape index (κ1) is 30.7. The van der Waals surface area contributed by atoms with E-state index in [1.165, 1.54) is 38.3 Å². The fourth-order valence-electron chi connectivity index (χ4n) is 2.91. The summed E-state index contributed by atoms with van der Waals surface area (Å²) in [7, 11) is 1.52. The minimum absolute atomic E-state index is 0.0615. The third-order valence-corrected chi connectivity index (χ3v) is 5.90. The maximum atomic E-state index is 12.7. The molecule has 0 amide bonds. The standard InChI is InChI=1S/C16H8Cl3F3O3.C8H6Cl2O2/c1-7-4-9(25-16(20,21)22)2-3-10(7)14(23)11-5-8(17)6-12(13(11)18)15(19)24;1-12-5-2-3-6(8(10)11)7(9)4-5/h2-6H,1H3;2-4H,1H3. The van der Waals surface area contributed by atoms with Gasteiger partial charge >= 0.3 is 6.36 Å². The summed E-state index contributed by atoms with van der Waals surface area (Å²) in [5.74, 6) is -0.486. The fraction of sp³-hybridized carbons (Fsp3) is 0.125. The van der Waals surface area contributed by atoms with E-state index in [0.717, 1.165) is 18.2 Å². The molecule has 196 valence electrons. The van der Waals surface area contributed by atoms with Gasteiger partial charge in [-0.15, -0.1) is 13.2 Å². The fourth-order valence-corrected chi connectivity index (χ4v) is 4.08. The Balaban J connectivity index is 0.000000335. The summed E-state index contributed by atoms with van der Waals surface area (Å²) < 4.78 is 45.4. The Bertz CT molecular complexity index is 1360. The van der Waals surface area contributed by atoms with Gasteiger partial charge in [0.1, 0.15) is 11.5 Å². The van der Waals surface area contributed by atoms with Crippen molar-refractivity contribution < 1.29 is 37.0 Å². The lowest BCUT2D eigenvalue weighted by atomic mass is 9.97. The summed E-state index contributed by atoms with van der Waals surface area (Å²) in [5.41, 5.74) is 0.354. The van der Waals surface area contributed by atoms with Gasteiger partial charge < -0.3 is 9.47 Å². The Labute approximate surface area is 233 Å². The van der Waals surface area contributed by atoms with Crippen molar-refractivity contribution in [2.24, 2.45) is 0 Å². The molecule has 0 saturated carbocycles. The molecule has 0 N–H and O–H groups in total. The van der Waals surface area contributed by atoms with Gasteiger partial charge in [0, 0.05) is 16.1 Å². The highest BCUT2D eigenvalue weighted by molar-refractivity contribution is 6.69. The van der Waals surface area contributed by atoms with Crippen LogP contribution in [-0.2, 0) is 0 Å². The molecule has 0 unspecified atom stereocenters. The maximum Gasteiger partial charge on any atom is 0.573 e. The molecule has 0 aliphatic rings. The van der Waals surface area contributed by atoms with Crippen molar-refractivity contribution >= 4 is 74.3 Å². The minimum atomic E-state index is -4.84. The van der Waals surface area contributed by atoms with Gasteiger partial charge in [-0.1, -0.05) is 34.8 Å². The van der Waals surface area contributed by atoms with E-state index < -0.39 is 28.4 Å². The first-order valence-electron chi connectivity index (χ1n) is 9.78. The molecule has 3 aromatic rings. The molecule has 0 bridgehead atoms. The van der Waals surface area contributed by atoms with Crippen LogP contribution in [0.1, 0.15) is 42.2 Å². The van der Waals surface area contributed by atoms with E-state index in [4.69, 9.17) is 62.7 Å². The summed E-state index contributed by atoms with van der Waals surface area (Å²) >= 11 is 28.3. The number of rotatable bonds is 6. The summed E-state index contributed by atoms with van der Waals surface area (Å²) in [6, 6.07) is 10.4. The van der Waals surface area contributed by atoms with Crippen LogP contribution >= 0.6 is 58.0 Å². The van der Waals surface area contributed by atoms with Crippen LogP contribution < -0.4 is 9.47 Å². The van der Waals surface area contributed by atoms with Gasteiger partial charge in [-0.2, -0.15) is 0 Å². The summed E-state index contributed by atoms with van der Waals surface area (Å²) in [4.78, 5) is 34.7. The minimum Gasteiger partial charge on any atom is -0.497 e. The van der Waals surface area contributed by atoms with E-state index in [1.54, 1.807) is 6.07 Å². The zero-order valence-corrected chi connectivity index (χ0v) is 22.5. The van der Waals surface area contributed by atoms with E-state index in [1.807, 2.05) is 0 Å². The lowest BCUT2D eigenvalue weighted by molar-refractivity contribution is -0.274. The highest BCUT2D eigenvalue weighted by Gasteiger charge is 2.31. The predicted molar refractivity (Wildman–Crippen MR) is 136 cm³/mol. The van der Waals surface area contributed by atoms with Crippen LogP contribution in [0.3, 0.4) is 0 Å². The Kier molecular flexibility index (Phi) is 10.7. The number of ketones is 1. The topological polar surface area (TPSA) is 69.7 Å². The normalized spacial score (nSPS) is 10.8. The van der Waals surface area contributed by atoms with Gasteiger partial charge in [0.2, 0.25) is 0 Å². The van der Waals surface area contributed by atoms with Crippen LogP contribution in [0.25, 0.3) is 0 Å². The predicted octanol–water partition coefficient (Wildman–Crippen LogP) is 8.54. The number of methoxy groups -OCH3 is 1. The summed E-state index contributed by atoms with van der Waals surface area (Å²) in [5, 5.41) is -1.29. The van der Waals surface area contributed by atoms with Crippen molar-refractivity contribution in [2.75, 3.05) is 7.11 Å².